The van der Waals surface area contributed by atoms with Crippen LogP contribution in [-0.4, -0.2) is 133 Å². The van der Waals surface area contributed by atoms with Crippen molar-refractivity contribution in [2.45, 2.75) is 94.6 Å². The number of urea groups is 1. The Morgan fingerprint density at radius 1 is 0.755 bits per heavy atom. The van der Waals surface area contributed by atoms with E-state index >= 15 is 0 Å². The van der Waals surface area contributed by atoms with Crippen LogP contribution in [0.1, 0.15) is 65.2 Å². The van der Waals surface area contributed by atoms with Gasteiger partial charge in [-0.25, -0.2) is 9.59 Å². The minimum Gasteiger partial charge on any atom is -0.480 e. The minimum atomic E-state index is -1.22. The lowest BCUT2D eigenvalue weighted by Gasteiger charge is -2.22. The molecule has 21 heteroatoms. The largest absolute Gasteiger partial charge is 0.480 e. The van der Waals surface area contributed by atoms with Crippen molar-refractivity contribution in [3.05, 3.63) is 0 Å². The number of carbonyl (C=O) groups excluding carboxylic acids is 8. The number of thioether (sulfide) groups is 1. The van der Waals surface area contributed by atoms with E-state index in [0.717, 1.165) is 18.6 Å². The Bertz CT molecular complexity index is 1320. The van der Waals surface area contributed by atoms with Crippen LogP contribution in [0.2, 0.25) is 0 Å². The number of rotatable bonds is 25. The van der Waals surface area contributed by atoms with Crippen LogP contribution in [0.3, 0.4) is 0 Å². The lowest BCUT2D eigenvalue weighted by molar-refractivity contribution is -0.142. The average molecular weight is 771 g/mol. The van der Waals surface area contributed by atoms with Gasteiger partial charge in [-0.05, 0) is 44.4 Å². The fraction of sp³-hybridized carbons (Fsp3) is 0.719. The molecule has 5 atom stereocenters. The standard InChI is InChI=1S/C32H54N10O10S/c1-18(2)11-20(31(50)51)40-30(49)19(39-28(48)16-38-27(47)15-37-26(46)14-36-25(45)13-35-24(44)12-33)7-5-6-10-34-23(43)9-4-3-8-22-29-21(17-53-22)41-32(52)42-29/h18-22,29H,3-17,33H2,1-2H3,(H,34,43)(H,35,44)(H,36,45)(H,37,46)(H,38,47)(H,39,48)(H,40,49)(H,50,51)(H2,41,42,52)/t19-,20-,21-,22-,29-/m0/s1. The molecule has 0 aromatic rings. The van der Waals surface area contributed by atoms with Crippen LogP contribution >= 0.6 is 11.8 Å². The summed E-state index contributed by atoms with van der Waals surface area (Å²) in [6.07, 6.45) is 3.98. The van der Waals surface area contributed by atoms with Crippen molar-refractivity contribution in [3.8, 4) is 0 Å². The fourth-order valence-corrected chi connectivity index (χ4v) is 7.06. The van der Waals surface area contributed by atoms with Gasteiger partial charge >= 0.3 is 12.0 Å². The van der Waals surface area contributed by atoms with Gasteiger partial charge < -0.3 is 58.7 Å². The second-order valence-electron chi connectivity index (χ2n) is 13.2. The zero-order valence-electron chi connectivity index (χ0n) is 30.2. The summed E-state index contributed by atoms with van der Waals surface area (Å²) in [5, 5.41) is 32.6. The number of amides is 9. The van der Waals surface area contributed by atoms with E-state index in [4.69, 9.17) is 5.73 Å². The van der Waals surface area contributed by atoms with Crippen molar-refractivity contribution in [1.82, 2.24) is 47.9 Å². The smallest absolute Gasteiger partial charge is 0.326 e. The van der Waals surface area contributed by atoms with E-state index in [0.29, 0.717) is 37.5 Å². The predicted octanol–water partition coefficient (Wildman–Crippen LogP) is -3.48. The molecule has 2 aliphatic heterocycles. The summed E-state index contributed by atoms with van der Waals surface area (Å²) < 4.78 is 0. The third-order valence-corrected chi connectivity index (χ3v) is 9.77. The number of nitrogens with one attached hydrogen (secondary N) is 9. The average Bonchev–Trinajstić information content (AvgIpc) is 3.67. The predicted molar refractivity (Wildman–Crippen MR) is 193 cm³/mol. The molecule has 0 unspecified atom stereocenters. The van der Waals surface area contributed by atoms with Crippen LogP contribution in [0.4, 0.5) is 4.79 Å². The Kier molecular flexibility index (Phi) is 20.0. The first-order valence-corrected chi connectivity index (χ1v) is 18.8. The van der Waals surface area contributed by atoms with Gasteiger partial charge in [-0.1, -0.05) is 20.3 Å². The summed E-state index contributed by atoms with van der Waals surface area (Å²) in [6, 6.07) is -2.15. The molecule has 2 heterocycles. The van der Waals surface area contributed by atoms with Gasteiger partial charge in [-0.3, -0.25) is 33.6 Å². The van der Waals surface area contributed by atoms with Crippen LogP contribution in [0, 0.1) is 5.92 Å². The molecule has 2 rings (SSSR count). The van der Waals surface area contributed by atoms with E-state index in [2.05, 4.69) is 47.9 Å². The second kappa shape index (κ2) is 23.8. The zero-order chi connectivity index (χ0) is 39.3. The summed E-state index contributed by atoms with van der Waals surface area (Å²) in [5.41, 5.74) is 5.12. The van der Waals surface area contributed by atoms with Crippen molar-refractivity contribution >= 4 is 65.1 Å². The highest BCUT2D eigenvalue weighted by molar-refractivity contribution is 8.00. The summed E-state index contributed by atoms with van der Waals surface area (Å²) >= 11 is 1.83. The molecule has 0 aromatic carbocycles. The maximum atomic E-state index is 13.1. The number of unbranched alkanes of at least 4 members (excludes halogenated alkanes) is 2. The molecular formula is C32H54N10O10S. The Morgan fingerprint density at radius 3 is 1.94 bits per heavy atom. The van der Waals surface area contributed by atoms with Crippen molar-refractivity contribution in [1.29, 1.82) is 0 Å². The second-order valence-corrected chi connectivity index (χ2v) is 14.4. The van der Waals surface area contributed by atoms with Gasteiger partial charge in [-0.2, -0.15) is 11.8 Å². The van der Waals surface area contributed by atoms with E-state index in [1.807, 2.05) is 11.8 Å². The Balaban J connectivity index is 1.74. The van der Waals surface area contributed by atoms with Gasteiger partial charge in [0, 0.05) is 24.0 Å². The molecule has 0 radical (unpaired) electrons. The first kappa shape index (κ1) is 44.5. The molecule has 2 saturated heterocycles. The normalized spacial score (nSPS) is 18.3. The number of hydrogen-bond donors (Lipinski definition) is 11. The molecule has 20 nitrogen and oxygen atoms in total. The molecule has 2 fully saturated rings. The topological polar surface area (TPSA) is 308 Å². The van der Waals surface area contributed by atoms with Crippen LogP contribution < -0.4 is 53.6 Å². The fourth-order valence-electron chi connectivity index (χ4n) is 5.52. The lowest BCUT2D eigenvalue weighted by atomic mass is 10.0. The number of carboxylic acid groups (broad SMARTS) is 1. The molecule has 0 aliphatic carbocycles. The van der Waals surface area contributed by atoms with Crippen LogP contribution in [0.5, 0.6) is 0 Å². The lowest BCUT2D eigenvalue weighted by Crippen LogP contribution is -2.53. The van der Waals surface area contributed by atoms with E-state index < -0.39 is 73.1 Å². The van der Waals surface area contributed by atoms with Gasteiger partial charge in [0.15, 0.2) is 0 Å². The molecule has 2 aliphatic rings. The minimum absolute atomic E-state index is 0.0368. The number of fused-ring (bicyclic) bond motifs is 1. The maximum Gasteiger partial charge on any atom is 0.326 e. The number of nitrogens with two attached hydrogens (primary N) is 1. The van der Waals surface area contributed by atoms with Crippen LogP contribution in [0.25, 0.3) is 0 Å². The van der Waals surface area contributed by atoms with Gasteiger partial charge in [-0.15, -0.1) is 0 Å². The first-order valence-electron chi connectivity index (χ1n) is 17.7. The SMILES string of the molecule is CC(C)C[C@H](NC(=O)[C@H](CCCCNC(=O)CCCC[C@@H]1SC[C@@H]2NC(=O)N[C@@H]21)NC(=O)CNC(=O)CNC(=O)CNC(=O)CNC(=O)CN)C(=O)O. The number of hydrogen-bond acceptors (Lipinski definition) is 11. The highest BCUT2D eigenvalue weighted by atomic mass is 32.2. The number of carboxylic acids is 1. The van der Waals surface area contributed by atoms with Gasteiger partial charge in [0.2, 0.25) is 41.4 Å². The first-order chi connectivity index (χ1) is 25.2. The highest BCUT2D eigenvalue weighted by Crippen LogP contribution is 2.33. The Hall–Kier alpha value is -4.66. The molecule has 53 heavy (non-hydrogen) atoms. The molecular weight excluding hydrogens is 716 g/mol. The van der Waals surface area contributed by atoms with E-state index in [1.54, 1.807) is 13.8 Å². The number of aliphatic carboxylic acids is 1. The Labute approximate surface area is 312 Å². The van der Waals surface area contributed by atoms with Crippen molar-refractivity contribution in [3.63, 3.8) is 0 Å². The summed E-state index contributed by atoms with van der Waals surface area (Å²) in [4.78, 5) is 108. The molecule has 298 valence electrons. The van der Waals surface area contributed by atoms with Crippen LogP contribution in [0.15, 0.2) is 0 Å². The molecule has 12 N–H and O–H groups in total. The Morgan fingerprint density at radius 2 is 1.36 bits per heavy atom. The van der Waals surface area contributed by atoms with E-state index in [-0.39, 0.29) is 55.9 Å². The van der Waals surface area contributed by atoms with Gasteiger partial charge in [0.1, 0.15) is 12.1 Å². The summed E-state index contributed by atoms with van der Waals surface area (Å²) in [5.74, 6) is -4.58. The number of carbonyl (C=O) groups is 9. The molecule has 0 bridgehead atoms. The maximum absolute atomic E-state index is 13.1. The monoisotopic (exact) mass is 770 g/mol. The molecule has 0 aromatic heterocycles. The van der Waals surface area contributed by atoms with Crippen molar-refractivity contribution in [2.24, 2.45) is 11.7 Å². The summed E-state index contributed by atoms with van der Waals surface area (Å²) in [7, 11) is 0. The third kappa shape index (κ3) is 18.1. The highest BCUT2D eigenvalue weighted by Gasteiger charge is 2.42. The molecule has 0 spiro atoms. The zero-order valence-corrected chi connectivity index (χ0v) is 31.0. The molecule has 0 saturated carbocycles. The van der Waals surface area contributed by atoms with Crippen LogP contribution in [-0.2, 0) is 38.4 Å². The third-order valence-electron chi connectivity index (χ3n) is 8.27. The van der Waals surface area contributed by atoms with E-state index in [9.17, 15) is 48.3 Å². The van der Waals surface area contributed by atoms with Gasteiger partial charge in [0.25, 0.3) is 0 Å². The van der Waals surface area contributed by atoms with E-state index in [1.165, 1.54) is 0 Å². The van der Waals surface area contributed by atoms with Crippen molar-refractivity contribution < 1.29 is 48.3 Å². The van der Waals surface area contributed by atoms with Crippen molar-refractivity contribution in [2.75, 3.05) is 45.0 Å². The molecule has 9 amide bonds. The summed E-state index contributed by atoms with van der Waals surface area (Å²) in [6.45, 7) is 1.73. The van der Waals surface area contributed by atoms with Gasteiger partial charge in [0.05, 0.1) is 44.8 Å². The quantitative estimate of drug-likeness (QED) is 0.0319.